The summed E-state index contributed by atoms with van der Waals surface area (Å²) >= 11 is 0. The van der Waals surface area contributed by atoms with Crippen molar-refractivity contribution in [2.24, 2.45) is 0 Å². The van der Waals surface area contributed by atoms with Gasteiger partial charge < -0.3 is 0 Å². The second-order valence-corrected chi connectivity index (χ2v) is 11.2. The van der Waals surface area contributed by atoms with Gasteiger partial charge >= 0.3 is 0 Å². The predicted octanol–water partition coefficient (Wildman–Crippen LogP) is 6.10. The molecule has 0 amide bonds. The smallest absolute Gasteiger partial charge is 0.159 e. The average Bonchev–Trinajstić information content (AvgIpc) is 2.82. The van der Waals surface area contributed by atoms with Gasteiger partial charge in [0.15, 0.2) is 5.78 Å². The molecule has 156 valence electrons. The summed E-state index contributed by atoms with van der Waals surface area (Å²) in [5, 5.41) is 4.97. The lowest BCUT2D eigenvalue weighted by molar-refractivity contribution is -0.113. The molecule has 0 aliphatic rings. The highest BCUT2D eigenvalue weighted by molar-refractivity contribution is 7.96. The van der Waals surface area contributed by atoms with Crippen LogP contribution in [-0.2, 0) is 4.79 Å². The molecule has 2 heteroatoms. The molecule has 30 heavy (non-hydrogen) atoms. The van der Waals surface area contributed by atoms with Crippen LogP contribution in [0.4, 0.5) is 0 Å². The largest absolute Gasteiger partial charge is 0.294 e. The lowest BCUT2D eigenvalue weighted by Gasteiger charge is -2.32. The molecule has 0 aromatic heterocycles. The van der Waals surface area contributed by atoms with Gasteiger partial charge in [0.2, 0.25) is 0 Å². The van der Waals surface area contributed by atoms with E-state index in [9.17, 15) is 4.79 Å². The van der Waals surface area contributed by atoms with Crippen LogP contribution in [0.15, 0.2) is 91.0 Å². The molecule has 0 spiro atoms. The molecular formula is C28H33OP. The second-order valence-electron chi connectivity index (χ2n) is 7.75. The van der Waals surface area contributed by atoms with E-state index in [0.717, 1.165) is 37.4 Å². The minimum absolute atomic E-state index is 0.357. The molecule has 0 saturated carbocycles. The third-order valence-electron chi connectivity index (χ3n) is 5.68. The van der Waals surface area contributed by atoms with Crippen molar-refractivity contribution in [3.63, 3.8) is 0 Å². The third kappa shape index (κ3) is 4.68. The molecule has 0 saturated heterocycles. The third-order valence-corrected chi connectivity index (χ3v) is 10.2. The normalized spacial score (nSPS) is 11.3. The van der Waals surface area contributed by atoms with Crippen molar-refractivity contribution in [2.45, 2.75) is 52.4 Å². The fraction of sp³-hybridized carbons (Fsp3) is 0.286. The second kappa shape index (κ2) is 11.1. The maximum Gasteiger partial charge on any atom is 0.159 e. The predicted molar refractivity (Wildman–Crippen MR) is 134 cm³/mol. The van der Waals surface area contributed by atoms with Crippen molar-refractivity contribution in [1.82, 2.24) is 0 Å². The van der Waals surface area contributed by atoms with Crippen LogP contribution in [0.25, 0.3) is 0 Å². The molecule has 0 radical (unpaired) electrons. The fourth-order valence-corrected chi connectivity index (χ4v) is 8.86. The molecule has 0 aliphatic carbocycles. The number of Topliss-reactive ketones (excluding diaryl/α,β-unsaturated/α-hetero) is 1. The molecule has 0 aliphatic heterocycles. The number of unbranched alkanes of at least 4 members (excludes halogenated alkanes) is 2. The van der Waals surface area contributed by atoms with Crippen LogP contribution in [0.5, 0.6) is 0 Å². The van der Waals surface area contributed by atoms with E-state index in [2.05, 4.69) is 105 Å². The van der Waals surface area contributed by atoms with Crippen LogP contribution in [-0.4, -0.2) is 11.1 Å². The summed E-state index contributed by atoms with van der Waals surface area (Å²) in [5.41, 5.74) is 0. The van der Waals surface area contributed by atoms with E-state index < -0.39 is 6.89 Å². The molecule has 1 nitrogen and oxygen atoms in total. The molecule has 3 aromatic carbocycles. The SMILES string of the molecule is CCCCC(=O)C(CCCC)=P(c1ccccc1)(c1ccccc1)c1ccccc1. The monoisotopic (exact) mass is 416 g/mol. The van der Waals surface area contributed by atoms with Gasteiger partial charge in [0, 0.05) is 11.7 Å². The van der Waals surface area contributed by atoms with Gasteiger partial charge in [-0.2, -0.15) is 0 Å². The van der Waals surface area contributed by atoms with Crippen molar-refractivity contribution in [2.75, 3.05) is 0 Å². The summed E-state index contributed by atoms with van der Waals surface area (Å²) in [5.74, 6) is 0.357. The lowest BCUT2D eigenvalue weighted by Crippen LogP contribution is -2.33. The van der Waals surface area contributed by atoms with E-state index in [0.29, 0.717) is 12.2 Å². The zero-order valence-corrected chi connectivity index (χ0v) is 19.2. The first-order valence-electron chi connectivity index (χ1n) is 11.2. The molecular weight excluding hydrogens is 383 g/mol. The van der Waals surface area contributed by atoms with E-state index in [1.807, 2.05) is 0 Å². The first kappa shape index (κ1) is 22.3. The Morgan fingerprint density at radius 3 is 1.33 bits per heavy atom. The number of carbonyl (C=O) groups is 1. The topological polar surface area (TPSA) is 17.1 Å². The Bertz CT molecular complexity index is 872. The zero-order chi connectivity index (χ0) is 21.2. The van der Waals surface area contributed by atoms with Gasteiger partial charge in [0.1, 0.15) is 0 Å². The van der Waals surface area contributed by atoms with Crippen LogP contribution in [0.1, 0.15) is 52.4 Å². The summed E-state index contributed by atoms with van der Waals surface area (Å²) in [4.78, 5) is 13.8. The zero-order valence-electron chi connectivity index (χ0n) is 18.3. The quantitative estimate of drug-likeness (QED) is 0.365. The minimum Gasteiger partial charge on any atom is -0.294 e. The van der Waals surface area contributed by atoms with E-state index in [-0.39, 0.29) is 0 Å². The molecule has 3 aromatic rings. The number of ketones is 1. The molecule has 0 N–H and O–H groups in total. The Hall–Kier alpha value is -2.37. The number of carbonyl (C=O) groups excluding carboxylic acids is 1. The van der Waals surface area contributed by atoms with Crippen molar-refractivity contribution in [3.8, 4) is 0 Å². The van der Waals surface area contributed by atoms with Crippen molar-refractivity contribution >= 4 is 33.9 Å². The van der Waals surface area contributed by atoms with Crippen LogP contribution in [0, 0.1) is 0 Å². The number of benzene rings is 3. The van der Waals surface area contributed by atoms with E-state index >= 15 is 0 Å². The minimum atomic E-state index is -2.22. The number of hydrogen-bond acceptors (Lipinski definition) is 1. The molecule has 0 unspecified atom stereocenters. The Kier molecular flexibility index (Phi) is 8.29. The summed E-state index contributed by atoms with van der Waals surface area (Å²) in [6.45, 7) is 2.15. The summed E-state index contributed by atoms with van der Waals surface area (Å²) in [6.07, 6.45) is 5.63. The summed E-state index contributed by atoms with van der Waals surface area (Å²) in [6, 6.07) is 32.3. The highest BCUT2D eigenvalue weighted by Gasteiger charge is 2.32. The van der Waals surface area contributed by atoms with Gasteiger partial charge in [-0.25, -0.2) is 0 Å². The van der Waals surface area contributed by atoms with Crippen LogP contribution in [0.2, 0.25) is 0 Å². The average molecular weight is 417 g/mol. The van der Waals surface area contributed by atoms with E-state index in [1.165, 1.54) is 15.9 Å². The van der Waals surface area contributed by atoms with Crippen molar-refractivity contribution in [3.05, 3.63) is 91.0 Å². The van der Waals surface area contributed by atoms with E-state index in [1.54, 1.807) is 0 Å². The molecule has 0 bridgehead atoms. The molecule has 0 atom stereocenters. The van der Waals surface area contributed by atoms with Crippen LogP contribution < -0.4 is 15.9 Å². The first-order valence-corrected chi connectivity index (χ1v) is 13.0. The Morgan fingerprint density at radius 2 is 0.967 bits per heavy atom. The maximum atomic E-state index is 13.8. The molecule has 3 rings (SSSR count). The Morgan fingerprint density at radius 1 is 0.600 bits per heavy atom. The van der Waals surface area contributed by atoms with Crippen molar-refractivity contribution in [1.29, 1.82) is 0 Å². The lowest BCUT2D eigenvalue weighted by atomic mass is 10.1. The summed E-state index contributed by atoms with van der Waals surface area (Å²) < 4.78 is 0. The van der Waals surface area contributed by atoms with Gasteiger partial charge in [-0.3, -0.25) is 4.79 Å². The van der Waals surface area contributed by atoms with Gasteiger partial charge in [0.25, 0.3) is 0 Å². The highest BCUT2D eigenvalue weighted by atomic mass is 31.2. The Labute approximate surface area is 182 Å². The van der Waals surface area contributed by atoms with E-state index in [4.69, 9.17) is 0 Å². The highest BCUT2D eigenvalue weighted by Crippen LogP contribution is 2.47. The van der Waals surface area contributed by atoms with Crippen LogP contribution in [0.3, 0.4) is 0 Å². The Balaban J connectivity index is 2.47. The number of hydrogen-bond donors (Lipinski definition) is 0. The standard InChI is InChI=1S/C28H33OP/c1-3-5-22-27(29)28(23-6-4-2)30(24-16-10-7-11-17-24,25-18-12-8-13-19-25)26-20-14-9-15-21-26/h7-21H,3-6,22-23H2,1-2H3. The maximum absolute atomic E-state index is 13.8. The summed E-state index contributed by atoms with van der Waals surface area (Å²) in [7, 11) is 0. The number of rotatable bonds is 10. The van der Waals surface area contributed by atoms with Gasteiger partial charge in [-0.15, -0.1) is 0 Å². The fourth-order valence-electron chi connectivity index (χ4n) is 4.19. The van der Waals surface area contributed by atoms with Crippen LogP contribution >= 0.6 is 6.89 Å². The first-order chi connectivity index (χ1) is 14.7. The van der Waals surface area contributed by atoms with Crippen molar-refractivity contribution < 1.29 is 4.79 Å². The van der Waals surface area contributed by atoms with Gasteiger partial charge in [0.05, 0.1) is 0 Å². The van der Waals surface area contributed by atoms with Gasteiger partial charge in [-0.05, 0) is 42.1 Å². The molecule has 0 fully saturated rings. The van der Waals surface area contributed by atoms with Gasteiger partial charge in [-0.1, -0.05) is 118 Å². The molecule has 0 heterocycles.